The highest BCUT2D eigenvalue weighted by Crippen LogP contribution is 2.33. The number of aryl methyl sites for hydroxylation is 1. The number of aromatic nitrogens is 2. The second-order valence-electron chi connectivity index (χ2n) is 4.85. The van der Waals surface area contributed by atoms with Crippen LogP contribution in [-0.2, 0) is 0 Å². The van der Waals surface area contributed by atoms with Gasteiger partial charge in [-0.3, -0.25) is 0 Å². The van der Waals surface area contributed by atoms with Crippen molar-refractivity contribution in [2.45, 2.75) is 20.0 Å². The molecule has 3 rings (SSSR count). The fraction of sp³-hybridized carbons (Fsp3) is 0.250. The third kappa shape index (κ3) is 2.83. The van der Waals surface area contributed by atoms with Gasteiger partial charge in [-0.1, -0.05) is 30.3 Å². The van der Waals surface area contributed by atoms with E-state index in [1.807, 2.05) is 32.2 Å². The summed E-state index contributed by atoms with van der Waals surface area (Å²) in [5.41, 5.74) is 1.13. The molecule has 0 radical (unpaired) electrons. The lowest BCUT2D eigenvalue weighted by atomic mass is 10.1. The summed E-state index contributed by atoms with van der Waals surface area (Å²) < 4.78 is 6.09. The van der Waals surface area contributed by atoms with Gasteiger partial charge >= 0.3 is 0 Å². The number of hydrogen-bond acceptors (Lipinski definition) is 5. The minimum atomic E-state index is -0.0609. The molecule has 1 aromatic carbocycles. The van der Waals surface area contributed by atoms with E-state index >= 15 is 0 Å². The van der Waals surface area contributed by atoms with Crippen LogP contribution in [0.25, 0.3) is 10.2 Å². The van der Waals surface area contributed by atoms with Gasteiger partial charge in [0.15, 0.2) is 0 Å². The number of benzene rings is 1. The van der Waals surface area contributed by atoms with Crippen LogP contribution < -0.4 is 10.1 Å². The van der Waals surface area contributed by atoms with Gasteiger partial charge in [-0.15, -0.1) is 11.3 Å². The van der Waals surface area contributed by atoms with Gasteiger partial charge < -0.3 is 10.1 Å². The predicted molar refractivity (Wildman–Crippen MR) is 87.2 cm³/mol. The molecule has 2 aromatic heterocycles. The van der Waals surface area contributed by atoms with E-state index < -0.39 is 0 Å². The molecule has 0 aliphatic heterocycles. The Bertz CT molecular complexity index is 755. The summed E-state index contributed by atoms with van der Waals surface area (Å²) in [6.07, 6.45) is -0.0609. The lowest BCUT2D eigenvalue weighted by Gasteiger charge is -2.15. The number of fused-ring (bicyclic) bond motifs is 1. The molecule has 0 spiro atoms. The SMILES string of the molecule is CNc1nc(OC(C)c2ccccc2)c2cc(C)sc2n1. The van der Waals surface area contributed by atoms with Gasteiger partial charge in [-0.05, 0) is 25.5 Å². The molecule has 1 atom stereocenters. The Morgan fingerprint density at radius 1 is 1.19 bits per heavy atom. The third-order valence-electron chi connectivity index (χ3n) is 3.26. The predicted octanol–water partition coefficient (Wildman–Crippen LogP) is 4.18. The van der Waals surface area contributed by atoms with E-state index in [-0.39, 0.29) is 6.10 Å². The molecule has 0 amide bonds. The molecule has 5 heteroatoms. The van der Waals surface area contributed by atoms with Crippen LogP contribution in [0, 0.1) is 6.92 Å². The smallest absolute Gasteiger partial charge is 0.227 e. The van der Waals surface area contributed by atoms with Crippen molar-refractivity contribution in [3.63, 3.8) is 0 Å². The van der Waals surface area contributed by atoms with Gasteiger partial charge in [0, 0.05) is 11.9 Å². The molecule has 0 saturated carbocycles. The van der Waals surface area contributed by atoms with Gasteiger partial charge in [-0.2, -0.15) is 4.98 Å². The van der Waals surface area contributed by atoms with E-state index in [0.29, 0.717) is 11.8 Å². The Morgan fingerprint density at radius 2 is 1.95 bits per heavy atom. The topological polar surface area (TPSA) is 47.0 Å². The molecule has 0 aliphatic carbocycles. The molecule has 0 saturated heterocycles. The number of rotatable bonds is 4. The molecule has 0 fully saturated rings. The number of hydrogen-bond donors (Lipinski definition) is 1. The van der Waals surface area contributed by atoms with E-state index in [9.17, 15) is 0 Å². The summed E-state index contributed by atoms with van der Waals surface area (Å²) in [5.74, 6) is 1.21. The van der Waals surface area contributed by atoms with Crippen molar-refractivity contribution in [2.75, 3.05) is 12.4 Å². The lowest BCUT2D eigenvalue weighted by molar-refractivity contribution is 0.221. The highest BCUT2D eigenvalue weighted by molar-refractivity contribution is 7.18. The largest absolute Gasteiger partial charge is 0.469 e. The van der Waals surface area contributed by atoms with Crippen molar-refractivity contribution < 1.29 is 4.74 Å². The van der Waals surface area contributed by atoms with Gasteiger partial charge in [0.25, 0.3) is 0 Å². The van der Waals surface area contributed by atoms with Gasteiger partial charge in [0.1, 0.15) is 10.9 Å². The van der Waals surface area contributed by atoms with Crippen LogP contribution in [0.2, 0.25) is 0 Å². The maximum atomic E-state index is 6.09. The number of anilines is 1. The lowest BCUT2D eigenvalue weighted by Crippen LogP contribution is -2.06. The zero-order chi connectivity index (χ0) is 14.8. The Kier molecular flexibility index (Phi) is 3.75. The van der Waals surface area contributed by atoms with Crippen LogP contribution >= 0.6 is 11.3 Å². The maximum absolute atomic E-state index is 6.09. The fourth-order valence-electron chi connectivity index (χ4n) is 2.18. The summed E-state index contributed by atoms with van der Waals surface area (Å²) in [6, 6.07) is 12.2. The minimum absolute atomic E-state index is 0.0609. The highest BCUT2D eigenvalue weighted by Gasteiger charge is 2.14. The molecule has 3 aromatic rings. The summed E-state index contributed by atoms with van der Waals surface area (Å²) in [7, 11) is 1.81. The van der Waals surface area contributed by atoms with Crippen molar-refractivity contribution in [1.82, 2.24) is 9.97 Å². The first kappa shape index (κ1) is 13.8. The second kappa shape index (κ2) is 5.69. The van der Waals surface area contributed by atoms with Crippen molar-refractivity contribution in [3.8, 4) is 5.88 Å². The quantitative estimate of drug-likeness (QED) is 0.785. The van der Waals surface area contributed by atoms with Crippen molar-refractivity contribution in [3.05, 3.63) is 46.8 Å². The number of thiophene rings is 1. The summed E-state index contributed by atoms with van der Waals surface area (Å²) >= 11 is 1.65. The fourth-order valence-corrected chi connectivity index (χ4v) is 3.05. The number of nitrogens with one attached hydrogen (secondary N) is 1. The molecular weight excluding hydrogens is 282 g/mol. The molecule has 21 heavy (non-hydrogen) atoms. The molecular formula is C16H17N3OS. The van der Waals surface area contributed by atoms with Gasteiger partial charge in [-0.25, -0.2) is 4.98 Å². The van der Waals surface area contributed by atoms with Crippen LogP contribution in [0.15, 0.2) is 36.4 Å². The third-order valence-corrected chi connectivity index (χ3v) is 4.21. The average Bonchev–Trinajstić information content (AvgIpc) is 2.88. The second-order valence-corrected chi connectivity index (χ2v) is 6.08. The summed E-state index contributed by atoms with van der Waals surface area (Å²) in [5, 5.41) is 3.96. The molecule has 0 bridgehead atoms. The maximum Gasteiger partial charge on any atom is 0.227 e. The summed E-state index contributed by atoms with van der Waals surface area (Å²) in [4.78, 5) is 11.1. The highest BCUT2D eigenvalue weighted by atomic mass is 32.1. The van der Waals surface area contributed by atoms with E-state index in [4.69, 9.17) is 4.74 Å². The molecule has 1 N–H and O–H groups in total. The van der Waals surface area contributed by atoms with Crippen LogP contribution in [0.3, 0.4) is 0 Å². The van der Waals surface area contributed by atoms with E-state index in [2.05, 4.69) is 40.4 Å². The Balaban J connectivity index is 1.99. The van der Waals surface area contributed by atoms with Crippen LogP contribution in [0.1, 0.15) is 23.5 Å². The average molecular weight is 299 g/mol. The molecule has 2 heterocycles. The first-order valence-electron chi connectivity index (χ1n) is 6.85. The van der Waals surface area contributed by atoms with E-state index in [0.717, 1.165) is 15.8 Å². The van der Waals surface area contributed by atoms with E-state index in [1.54, 1.807) is 11.3 Å². The van der Waals surface area contributed by atoms with Crippen LogP contribution in [0.4, 0.5) is 5.95 Å². The number of nitrogens with zero attached hydrogens (tertiary/aromatic N) is 2. The Hall–Kier alpha value is -2.14. The monoisotopic (exact) mass is 299 g/mol. The first-order valence-corrected chi connectivity index (χ1v) is 7.66. The summed E-state index contributed by atoms with van der Waals surface area (Å²) in [6.45, 7) is 4.09. The first-order chi connectivity index (χ1) is 10.2. The Morgan fingerprint density at radius 3 is 2.67 bits per heavy atom. The van der Waals surface area contributed by atoms with Crippen LogP contribution in [0.5, 0.6) is 5.88 Å². The zero-order valence-electron chi connectivity index (χ0n) is 12.3. The zero-order valence-corrected chi connectivity index (χ0v) is 13.1. The normalized spacial score (nSPS) is 12.3. The minimum Gasteiger partial charge on any atom is -0.469 e. The standard InChI is InChI=1S/C16H17N3OS/c1-10-9-13-14(18-16(17-3)19-15(13)21-10)20-11(2)12-7-5-4-6-8-12/h4-9,11H,1-3H3,(H,17,18,19). The Labute approximate surface area is 127 Å². The van der Waals surface area contributed by atoms with Gasteiger partial charge in [0.05, 0.1) is 5.39 Å². The molecule has 108 valence electrons. The number of ether oxygens (including phenoxy) is 1. The molecule has 4 nitrogen and oxygen atoms in total. The van der Waals surface area contributed by atoms with Crippen molar-refractivity contribution in [1.29, 1.82) is 0 Å². The van der Waals surface area contributed by atoms with Crippen molar-refractivity contribution >= 4 is 27.5 Å². The molecule has 1 unspecified atom stereocenters. The van der Waals surface area contributed by atoms with Crippen molar-refractivity contribution in [2.24, 2.45) is 0 Å². The molecule has 0 aliphatic rings. The van der Waals surface area contributed by atoms with Crippen LogP contribution in [-0.4, -0.2) is 17.0 Å². The van der Waals surface area contributed by atoms with E-state index in [1.165, 1.54) is 4.88 Å². The van der Waals surface area contributed by atoms with Gasteiger partial charge in [0.2, 0.25) is 11.8 Å².